The normalized spacial score (nSPS) is 12.3. The molecule has 0 heterocycles. The van der Waals surface area contributed by atoms with Crippen LogP contribution in [0, 0.1) is 13.8 Å². The first-order valence-electron chi connectivity index (χ1n) is 12.2. The number of anilines is 1. The van der Waals surface area contributed by atoms with Crippen molar-refractivity contribution in [3.63, 3.8) is 0 Å². The summed E-state index contributed by atoms with van der Waals surface area (Å²) < 4.78 is 28.2. The minimum atomic E-state index is -3.72. The van der Waals surface area contributed by atoms with Crippen LogP contribution in [0.1, 0.15) is 55.5 Å². The standard InChI is InChI=1S/C29H35N3O4S2/c1-19-15-22(16-20(2)28(19)34)17-37-18-27(33)31-30-21(3)23-7-11-25(12-8-23)32-38(35,36)26-13-9-24(10-14-26)29(4,5)6/h7-16,32,34H,17-18H2,1-6H3,(H,31,33)/b30-21-. The zero-order valence-corrected chi connectivity index (χ0v) is 24.3. The molecule has 3 aromatic rings. The molecule has 0 bridgehead atoms. The molecule has 9 heteroatoms. The van der Waals surface area contributed by atoms with Crippen LogP contribution in [0.5, 0.6) is 5.75 Å². The van der Waals surface area contributed by atoms with Gasteiger partial charge in [-0.25, -0.2) is 13.8 Å². The van der Waals surface area contributed by atoms with Crippen LogP contribution in [0.2, 0.25) is 0 Å². The fraction of sp³-hybridized carbons (Fsp3) is 0.310. The second kappa shape index (κ2) is 12.0. The largest absolute Gasteiger partial charge is 0.507 e. The Labute approximate surface area is 229 Å². The van der Waals surface area contributed by atoms with E-state index >= 15 is 0 Å². The molecule has 0 unspecified atom stereocenters. The molecule has 7 nitrogen and oxygen atoms in total. The van der Waals surface area contributed by atoms with E-state index in [1.54, 1.807) is 43.3 Å². The predicted molar refractivity (Wildman–Crippen MR) is 156 cm³/mol. The van der Waals surface area contributed by atoms with Crippen molar-refractivity contribution < 1.29 is 18.3 Å². The number of phenols is 1. The fourth-order valence-electron chi connectivity index (χ4n) is 3.76. The molecule has 202 valence electrons. The molecule has 0 saturated carbocycles. The van der Waals surface area contributed by atoms with Crippen LogP contribution in [0.3, 0.4) is 0 Å². The van der Waals surface area contributed by atoms with E-state index in [2.05, 4.69) is 36.0 Å². The van der Waals surface area contributed by atoms with Gasteiger partial charge in [0.2, 0.25) is 5.91 Å². The fourth-order valence-corrected chi connectivity index (χ4v) is 5.57. The molecule has 38 heavy (non-hydrogen) atoms. The lowest BCUT2D eigenvalue weighted by Gasteiger charge is -2.19. The Morgan fingerprint density at radius 3 is 2.11 bits per heavy atom. The summed E-state index contributed by atoms with van der Waals surface area (Å²) in [6.45, 7) is 11.7. The van der Waals surface area contributed by atoms with Gasteiger partial charge in [-0.3, -0.25) is 9.52 Å². The summed E-state index contributed by atoms with van der Waals surface area (Å²) in [4.78, 5) is 12.4. The SMILES string of the molecule is C/C(=N/NC(=O)CSCc1cc(C)c(O)c(C)c1)c1ccc(NS(=O)(=O)c2ccc(C(C)(C)C)cc2)cc1. The first-order chi connectivity index (χ1) is 17.8. The number of aromatic hydroxyl groups is 1. The Morgan fingerprint density at radius 2 is 1.55 bits per heavy atom. The van der Waals surface area contributed by atoms with Crippen molar-refractivity contribution in [2.24, 2.45) is 5.10 Å². The molecule has 0 atom stereocenters. The second-order valence-electron chi connectivity index (χ2n) is 10.3. The van der Waals surface area contributed by atoms with Crippen LogP contribution in [0.15, 0.2) is 70.7 Å². The second-order valence-corrected chi connectivity index (χ2v) is 12.9. The molecule has 3 aromatic carbocycles. The Morgan fingerprint density at radius 1 is 0.974 bits per heavy atom. The maximum atomic E-state index is 12.8. The molecule has 0 saturated heterocycles. The molecule has 0 radical (unpaired) electrons. The highest BCUT2D eigenvalue weighted by atomic mass is 32.2. The van der Waals surface area contributed by atoms with E-state index in [1.165, 1.54) is 11.8 Å². The number of carbonyl (C=O) groups is 1. The van der Waals surface area contributed by atoms with Crippen LogP contribution in [-0.4, -0.2) is 30.9 Å². The Bertz CT molecular complexity index is 1400. The van der Waals surface area contributed by atoms with Crippen LogP contribution in [0.25, 0.3) is 0 Å². The lowest BCUT2D eigenvalue weighted by molar-refractivity contribution is -0.118. The number of carbonyl (C=O) groups excluding carboxylic acids is 1. The monoisotopic (exact) mass is 553 g/mol. The molecule has 0 aliphatic carbocycles. The van der Waals surface area contributed by atoms with Gasteiger partial charge in [-0.2, -0.15) is 5.10 Å². The van der Waals surface area contributed by atoms with Crippen molar-refractivity contribution in [2.45, 2.75) is 57.6 Å². The van der Waals surface area contributed by atoms with E-state index in [0.29, 0.717) is 22.9 Å². The van der Waals surface area contributed by atoms with Crippen molar-refractivity contribution in [2.75, 3.05) is 10.5 Å². The zero-order valence-electron chi connectivity index (χ0n) is 22.6. The number of phenolic OH excluding ortho intramolecular Hbond substituents is 1. The van der Waals surface area contributed by atoms with Gasteiger partial charge in [0.05, 0.1) is 16.4 Å². The number of amides is 1. The summed E-state index contributed by atoms with van der Waals surface area (Å²) in [6, 6.07) is 17.5. The molecule has 3 rings (SSSR count). The molecule has 0 spiro atoms. The van der Waals surface area contributed by atoms with Crippen molar-refractivity contribution in [3.8, 4) is 5.75 Å². The van der Waals surface area contributed by atoms with Crippen molar-refractivity contribution in [1.82, 2.24) is 5.43 Å². The summed E-state index contributed by atoms with van der Waals surface area (Å²) in [5, 5.41) is 14.1. The quantitative estimate of drug-likeness (QED) is 0.227. The molecule has 0 aromatic heterocycles. The topological polar surface area (TPSA) is 108 Å². The summed E-state index contributed by atoms with van der Waals surface area (Å²) in [5.74, 6) is 0.977. The average molecular weight is 554 g/mol. The highest BCUT2D eigenvalue weighted by Gasteiger charge is 2.18. The van der Waals surface area contributed by atoms with E-state index in [-0.39, 0.29) is 22.0 Å². The first-order valence-corrected chi connectivity index (χ1v) is 14.8. The Hall–Kier alpha value is -3.30. The maximum Gasteiger partial charge on any atom is 0.261 e. The van der Waals surface area contributed by atoms with Gasteiger partial charge in [0, 0.05) is 11.4 Å². The van der Waals surface area contributed by atoms with Gasteiger partial charge in [0.15, 0.2) is 0 Å². The third-order valence-electron chi connectivity index (χ3n) is 5.99. The minimum Gasteiger partial charge on any atom is -0.507 e. The summed E-state index contributed by atoms with van der Waals surface area (Å²) in [7, 11) is -3.72. The van der Waals surface area contributed by atoms with Crippen LogP contribution in [0.4, 0.5) is 5.69 Å². The van der Waals surface area contributed by atoms with E-state index in [0.717, 1.165) is 27.8 Å². The number of benzene rings is 3. The number of nitrogens with one attached hydrogen (secondary N) is 2. The number of hydrazone groups is 1. The first kappa shape index (κ1) is 29.3. The number of hydrogen-bond donors (Lipinski definition) is 3. The summed E-state index contributed by atoms with van der Waals surface area (Å²) >= 11 is 1.46. The van der Waals surface area contributed by atoms with Crippen LogP contribution in [-0.2, 0) is 26.0 Å². The van der Waals surface area contributed by atoms with E-state index in [1.807, 2.05) is 38.1 Å². The highest BCUT2D eigenvalue weighted by molar-refractivity contribution is 7.99. The predicted octanol–water partition coefficient (Wildman–Crippen LogP) is 5.88. The highest BCUT2D eigenvalue weighted by Crippen LogP contribution is 2.26. The van der Waals surface area contributed by atoms with E-state index in [4.69, 9.17) is 0 Å². The zero-order chi connectivity index (χ0) is 28.1. The molecule has 0 aliphatic rings. The van der Waals surface area contributed by atoms with E-state index in [9.17, 15) is 18.3 Å². The number of hydrogen-bond acceptors (Lipinski definition) is 6. The smallest absolute Gasteiger partial charge is 0.261 e. The Kier molecular flexibility index (Phi) is 9.27. The number of nitrogens with zero attached hydrogens (tertiary/aromatic N) is 1. The van der Waals surface area contributed by atoms with Gasteiger partial charge in [0.25, 0.3) is 10.0 Å². The molecule has 1 amide bonds. The van der Waals surface area contributed by atoms with Gasteiger partial charge < -0.3 is 5.11 Å². The number of aryl methyl sites for hydroxylation is 2. The third-order valence-corrected chi connectivity index (χ3v) is 8.39. The van der Waals surface area contributed by atoms with Crippen molar-refractivity contribution >= 4 is 39.1 Å². The molecule has 3 N–H and O–H groups in total. The van der Waals surface area contributed by atoms with Gasteiger partial charge in [-0.05, 0) is 78.3 Å². The molecule has 0 fully saturated rings. The van der Waals surface area contributed by atoms with Crippen molar-refractivity contribution in [1.29, 1.82) is 0 Å². The van der Waals surface area contributed by atoms with Gasteiger partial charge >= 0.3 is 0 Å². The van der Waals surface area contributed by atoms with Gasteiger partial charge in [-0.15, -0.1) is 11.8 Å². The van der Waals surface area contributed by atoms with Crippen LogP contribution < -0.4 is 10.1 Å². The van der Waals surface area contributed by atoms with Gasteiger partial charge in [0.1, 0.15) is 5.75 Å². The van der Waals surface area contributed by atoms with E-state index < -0.39 is 10.0 Å². The molecule has 0 aliphatic heterocycles. The summed E-state index contributed by atoms with van der Waals surface area (Å²) in [5.41, 5.74) is 8.03. The lowest BCUT2D eigenvalue weighted by Crippen LogP contribution is -2.21. The minimum absolute atomic E-state index is 0.0600. The number of sulfonamides is 1. The summed E-state index contributed by atoms with van der Waals surface area (Å²) in [6.07, 6.45) is 0. The Balaban J connectivity index is 1.53. The van der Waals surface area contributed by atoms with Crippen molar-refractivity contribution in [3.05, 3.63) is 88.5 Å². The molecular formula is C29H35N3O4S2. The lowest BCUT2D eigenvalue weighted by atomic mass is 9.87. The number of rotatable bonds is 9. The molecular weight excluding hydrogens is 518 g/mol. The average Bonchev–Trinajstić information content (AvgIpc) is 2.85. The third kappa shape index (κ3) is 7.85. The maximum absolute atomic E-state index is 12.8. The number of thioether (sulfide) groups is 1. The van der Waals surface area contributed by atoms with Gasteiger partial charge in [-0.1, -0.05) is 57.2 Å². The van der Waals surface area contributed by atoms with Crippen LogP contribution >= 0.6 is 11.8 Å².